The summed E-state index contributed by atoms with van der Waals surface area (Å²) in [6.45, 7) is -1.05. The molecule has 1 aliphatic rings. The molecule has 3 N–H and O–H groups in total. The molecule has 0 spiro atoms. The van der Waals surface area contributed by atoms with Crippen LogP contribution >= 0.6 is 12.4 Å². The van der Waals surface area contributed by atoms with Crippen LogP contribution in [0.1, 0.15) is 12.8 Å². The summed E-state index contributed by atoms with van der Waals surface area (Å²) >= 11 is 0. The zero-order valence-corrected chi connectivity index (χ0v) is 12.4. The van der Waals surface area contributed by atoms with Gasteiger partial charge in [0.15, 0.2) is 5.78 Å². The second kappa shape index (κ2) is 8.15. The number of amides is 1. The summed E-state index contributed by atoms with van der Waals surface area (Å²) in [5, 5.41) is 2.47. The molecule has 0 radical (unpaired) electrons. The average Bonchev–Trinajstić information content (AvgIpc) is 2.71. The van der Waals surface area contributed by atoms with Crippen molar-refractivity contribution in [2.24, 2.45) is 11.7 Å². The molecule has 1 heterocycles. The van der Waals surface area contributed by atoms with Crippen LogP contribution in [0.2, 0.25) is 0 Å². The lowest BCUT2D eigenvalue weighted by atomic mass is 9.97. The number of ketones is 1. The van der Waals surface area contributed by atoms with E-state index in [1.807, 2.05) is 0 Å². The molecule has 12 heteroatoms. The van der Waals surface area contributed by atoms with Gasteiger partial charge in [-0.3, -0.25) is 9.59 Å². The maximum Gasteiger partial charge on any atom is 0.423 e. The maximum atomic E-state index is 12.2. The third-order valence-electron chi connectivity index (χ3n) is 3.10. The van der Waals surface area contributed by atoms with Crippen LogP contribution < -0.4 is 11.1 Å². The van der Waals surface area contributed by atoms with Crippen LogP contribution in [0.4, 0.5) is 26.3 Å². The highest BCUT2D eigenvalue weighted by molar-refractivity contribution is 5.87. The van der Waals surface area contributed by atoms with Crippen LogP contribution in [0, 0.1) is 5.92 Å². The van der Waals surface area contributed by atoms with Crippen LogP contribution in [0.25, 0.3) is 0 Å². The lowest BCUT2D eigenvalue weighted by Gasteiger charge is -2.23. The minimum Gasteiger partial charge on any atom is -0.356 e. The molecule has 0 aromatic heterocycles. The summed E-state index contributed by atoms with van der Waals surface area (Å²) in [5.74, 6) is -2.06. The van der Waals surface area contributed by atoms with E-state index in [2.05, 4.69) is 10.1 Å². The number of carbonyl (C=O) groups is 2. The zero-order chi connectivity index (χ0) is 17.1. The fraction of sp³-hybridized carbons (Fsp3) is 0.818. The minimum absolute atomic E-state index is 0. The van der Waals surface area contributed by atoms with E-state index in [-0.39, 0.29) is 24.7 Å². The van der Waals surface area contributed by atoms with Gasteiger partial charge in [-0.2, -0.15) is 26.3 Å². The van der Waals surface area contributed by atoms with Gasteiger partial charge in [-0.05, 0) is 12.8 Å². The van der Waals surface area contributed by atoms with Crippen molar-refractivity contribution in [3.8, 4) is 0 Å². The minimum atomic E-state index is -5.69. The Morgan fingerprint density at radius 3 is 2.17 bits per heavy atom. The lowest BCUT2D eigenvalue weighted by molar-refractivity contribution is -0.319. The molecule has 23 heavy (non-hydrogen) atoms. The molecule has 0 saturated carbocycles. The van der Waals surface area contributed by atoms with Crippen molar-refractivity contribution in [1.82, 2.24) is 5.32 Å². The van der Waals surface area contributed by atoms with Gasteiger partial charge in [-0.15, -0.1) is 12.4 Å². The van der Waals surface area contributed by atoms with E-state index in [0.717, 1.165) is 0 Å². The largest absolute Gasteiger partial charge is 0.423 e. The van der Waals surface area contributed by atoms with Gasteiger partial charge >= 0.3 is 12.4 Å². The Morgan fingerprint density at radius 2 is 1.78 bits per heavy atom. The van der Waals surface area contributed by atoms with Crippen LogP contribution in [0.5, 0.6) is 0 Å². The summed E-state index contributed by atoms with van der Waals surface area (Å²) < 4.78 is 76.9. The summed E-state index contributed by atoms with van der Waals surface area (Å²) in [7, 11) is 0. The van der Waals surface area contributed by atoms with Crippen molar-refractivity contribution in [1.29, 1.82) is 0 Å². The standard InChI is InChI=1S/C11H14F6N2O3.ClH/c12-10(13,14)9(11(15,16)17)22-4-7(20)6(18)3-5-1-2-19-8(5)21;/h5-6,9H,1-4,18H2,(H,19,21);1H/t5-,6-;/m0./s1. The highest BCUT2D eigenvalue weighted by atomic mass is 35.5. The molecule has 136 valence electrons. The van der Waals surface area contributed by atoms with Crippen molar-refractivity contribution in [3.05, 3.63) is 0 Å². The van der Waals surface area contributed by atoms with Crippen molar-refractivity contribution >= 4 is 24.1 Å². The highest BCUT2D eigenvalue weighted by Gasteiger charge is 2.58. The Labute approximate surface area is 133 Å². The normalized spacial score (nSPS) is 20.2. The third kappa shape index (κ3) is 6.51. The Kier molecular flexibility index (Phi) is 7.77. The molecule has 0 aliphatic carbocycles. The fourth-order valence-corrected chi connectivity index (χ4v) is 1.95. The molecular weight excluding hydrogens is 358 g/mol. The topological polar surface area (TPSA) is 81.4 Å². The third-order valence-corrected chi connectivity index (χ3v) is 3.10. The molecule has 5 nitrogen and oxygen atoms in total. The van der Waals surface area contributed by atoms with Crippen LogP contribution in [0.3, 0.4) is 0 Å². The van der Waals surface area contributed by atoms with Gasteiger partial charge in [0.05, 0.1) is 6.04 Å². The molecule has 0 bridgehead atoms. The van der Waals surface area contributed by atoms with E-state index in [9.17, 15) is 35.9 Å². The molecule has 1 saturated heterocycles. The summed E-state index contributed by atoms with van der Waals surface area (Å²) in [6, 6.07) is -1.36. The summed E-state index contributed by atoms with van der Waals surface area (Å²) in [4.78, 5) is 22.7. The number of carbonyl (C=O) groups excluding carboxylic acids is 2. The van der Waals surface area contributed by atoms with Gasteiger partial charge in [0.1, 0.15) is 6.61 Å². The number of nitrogens with one attached hydrogen (secondary N) is 1. The maximum absolute atomic E-state index is 12.2. The molecule has 0 aromatic rings. The van der Waals surface area contributed by atoms with Gasteiger partial charge in [-0.1, -0.05) is 0 Å². The van der Waals surface area contributed by atoms with Crippen LogP contribution in [-0.4, -0.2) is 49.3 Å². The van der Waals surface area contributed by atoms with Gasteiger partial charge in [0, 0.05) is 12.5 Å². The number of nitrogens with two attached hydrogens (primary N) is 1. The van der Waals surface area contributed by atoms with Crippen molar-refractivity contribution in [2.75, 3.05) is 13.2 Å². The number of rotatable bonds is 6. The molecule has 2 atom stereocenters. The molecule has 0 unspecified atom stereocenters. The van der Waals surface area contributed by atoms with E-state index in [1.165, 1.54) is 0 Å². The van der Waals surface area contributed by atoms with E-state index < -0.39 is 42.8 Å². The summed E-state index contributed by atoms with van der Waals surface area (Å²) in [5.41, 5.74) is 5.39. The Bertz CT molecular complexity index is 415. The summed E-state index contributed by atoms with van der Waals surface area (Å²) in [6.07, 6.45) is -15.2. The zero-order valence-electron chi connectivity index (χ0n) is 11.5. The van der Waals surface area contributed by atoms with Crippen LogP contribution in [-0.2, 0) is 14.3 Å². The van der Waals surface area contributed by atoms with Gasteiger partial charge in [-0.25, -0.2) is 0 Å². The van der Waals surface area contributed by atoms with Gasteiger partial charge in [0.2, 0.25) is 12.0 Å². The molecule has 1 amide bonds. The Hall–Kier alpha value is -1.07. The van der Waals surface area contributed by atoms with Crippen molar-refractivity contribution in [3.63, 3.8) is 0 Å². The molecule has 1 rings (SSSR count). The smallest absolute Gasteiger partial charge is 0.356 e. The van der Waals surface area contributed by atoms with E-state index in [1.54, 1.807) is 0 Å². The molecular formula is C11H15ClF6N2O3. The first-order valence-electron chi connectivity index (χ1n) is 6.24. The molecule has 0 aromatic carbocycles. The Balaban J connectivity index is 0.00000484. The first kappa shape index (κ1) is 21.9. The monoisotopic (exact) mass is 372 g/mol. The lowest BCUT2D eigenvalue weighted by Crippen LogP contribution is -2.46. The van der Waals surface area contributed by atoms with Crippen molar-refractivity contribution in [2.45, 2.75) is 37.3 Å². The van der Waals surface area contributed by atoms with Crippen molar-refractivity contribution < 1.29 is 40.7 Å². The van der Waals surface area contributed by atoms with E-state index in [0.29, 0.717) is 13.0 Å². The number of Topliss-reactive ketones (excluding diaryl/α,β-unsaturated/α-hetero) is 1. The number of ether oxygens (including phenoxy) is 1. The fourth-order valence-electron chi connectivity index (χ4n) is 1.95. The molecule has 1 fully saturated rings. The SMILES string of the molecule is Cl.N[C@@H](C[C@@H]1CCNC1=O)C(=O)COC(C(F)(F)F)C(F)(F)F. The van der Waals surface area contributed by atoms with E-state index in [4.69, 9.17) is 5.73 Å². The van der Waals surface area contributed by atoms with Crippen LogP contribution in [0.15, 0.2) is 0 Å². The number of hydrogen-bond donors (Lipinski definition) is 2. The van der Waals surface area contributed by atoms with Gasteiger partial charge in [0.25, 0.3) is 0 Å². The highest BCUT2D eigenvalue weighted by Crippen LogP contribution is 2.35. The predicted octanol–water partition coefficient (Wildman–Crippen LogP) is 1.34. The number of hydrogen-bond acceptors (Lipinski definition) is 4. The second-order valence-corrected chi connectivity index (χ2v) is 4.86. The van der Waals surface area contributed by atoms with E-state index >= 15 is 0 Å². The Morgan fingerprint density at radius 1 is 1.26 bits per heavy atom. The first-order chi connectivity index (χ1) is 9.93. The predicted molar refractivity (Wildman–Crippen MR) is 67.8 cm³/mol. The first-order valence-corrected chi connectivity index (χ1v) is 6.24. The number of halogens is 7. The van der Waals surface area contributed by atoms with Gasteiger partial charge < -0.3 is 15.8 Å². The number of alkyl halides is 6. The molecule has 1 aliphatic heterocycles. The average molecular weight is 373 g/mol. The quantitative estimate of drug-likeness (QED) is 0.689. The second-order valence-electron chi connectivity index (χ2n) is 4.86.